The van der Waals surface area contributed by atoms with Gasteiger partial charge < -0.3 is 14.6 Å². The molecule has 1 aromatic rings. The van der Waals surface area contributed by atoms with Crippen molar-refractivity contribution in [3.63, 3.8) is 0 Å². The fourth-order valence-electron chi connectivity index (χ4n) is 1.46. The monoisotopic (exact) mass is 225 g/mol. The van der Waals surface area contributed by atoms with Gasteiger partial charge in [0.25, 0.3) is 5.91 Å². The second kappa shape index (κ2) is 4.12. The van der Waals surface area contributed by atoms with Crippen LogP contribution in [0.2, 0.25) is 0 Å². The summed E-state index contributed by atoms with van der Waals surface area (Å²) in [5, 5.41) is 2.70. The minimum absolute atomic E-state index is 0.0279. The third-order valence-corrected chi connectivity index (χ3v) is 3.65. The normalized spacial score (nSPS) is 20.1. The Morgan fingerprint density at radius 3 is 3.07 bits per heavy atom. The molecule has 0 saturated heterocycles. The first-order valence-corrected chi connectivity index (χ1v) is 5.84. The first-order chi connectivity index (χ1) is 7.20. The molecule has 1 aromatic carbocycles. The van der Waals surface area contributed by atoms with Gasteiger partial charge in [-0.25, -0.2) is 0 Å². The van der Waals surface area contributed by atoms with E-state index < -0.39 is 11.2 Å². The van der Waals surface area contributed by atoms with Crippen molar-refractivity contribution >= 4 is 17.1 Å². The van der Waals surface area contributed by atoms with Crippen LogP contribution in [0.15, 0.2) is 23.1 Å². The van der Waals surface area contributed by atoms with Gasteiger partial charge in [-0.2, -0.15) is 0 Å². The summed E-state index contributed by atoms with van der Waals surface area (Å²) in [6.45, 7) is 0.434. The Balaban J connectivity index is 2.40. The van der Waals surface area contributed by atoms with Gasteiger partial charge in [-0.15, -0.1) is 0 Å². The van der Waals surface area contributed by atoms with Crippen LogP contribution < -0.4 is 10.1 Å². The first kappa shape index (κ1) is 10.3. The number of hydrogen-bond donors (Lipinski definition) is 1. The molecular weight excluding hydrogens is 214 g/mol. The quantitative estimate of drug-likeness (QED) is 0.705. The minimum atomic E-state index is -1.27. The van der Waals surface area contributed by atoms with Gasteiger partial charge >= 0.3 is 0 Å². The Labute approximate surface area is 90.8 Å². The van der Waals surface area contributed by atoms with E-state index in [1.165, 1.54) is 0 Å². The second-order valence-corrected chi connectivity index (χ2v) is 4.66. The van der Waals surface area contributed by atoms with E-state index in [9.17, 15) is 9.35 Å². The zero-order valence-corrected chi connectivity index (χ0v) is 9.10. The summed E-state index contributed by atoms with van der Waals surface area (Å²) in [6.07, 6.45) is 0. The molecule has 0 fully saturated rings. The second-order valence-electron chi connectivity index (χ2n) is 3.24. The lowest BCUT2D eigenvalue weighted by atomic mass is 10.2. The van der Waals surface area contributed by atoms with Crippen LogP contribution in [0.25, 0.3) is 0 Å². The van der Waals surface area contributed by atoms with Gasteiger partial charge in [0.05, 0.1) is 7.11 Å². The summed E-state index contributed by atoms with van der Waals surface area (Å²) < 4.78 is 16.8. The lowest BCUT2D eigenvalue weighted by Crippen LogP contribution is -2.25. The fraction of sp³-hybridized carbons (Fsp3) is 0.300. The van der Waals surface area contributed by atoms with Gasteiger partial charge in [0.15, 0.2) is 10.6 Å². The Hall–Kier alpha value is -1.20. The largest absolute Gasteiger partial charge is 0.611 e. The third-order valence-electron chi connectivity index (χ3n) is 2.26. The maximum Gasteiger partial charge on any atom is 0.270 e. The number of nitrogens with one attached hydrogen (secondary N) is 1. The average molecular weight is 225 g/mol. The maximum atomic E-state index is 11.8. The van der Waals surface area contributed by atoms with Gasteiger partial charge in [0.2, 0.25) is 0 Å². The van der Waals surface area contributed by atoms with E-state index in [1.54, 1.807) is 19.2 Å². The number of ether oxygens (including phenoxy) is 1. The van der Waals surface area contributed by atoms with Gasteiger partial charge in [-0.1, -0.05) is 0 Å². The first-order valence-electron chi connectivity index (χ1n) is 4.52. The van der Waals surface area contributed by atoms with Gasteiger partial charge in [-0.3, -0.25) is 4.79 Å². The molecule has 1 unspecified atom stereocenters. The molecule has 1 amide bonds. The van der Waals surface area contributed by atoms with Crippen LogP contribution >= 0.6 is 0 Å². The highest BCUT2D eigenvalue weighted by Crippen LogP contribution is 2.24. The summed E-state index contributed by atoms with van der Waals surface area (Å²) in [7, 11) is 1.56. The fourth-order valence-corrected chi connectivity index (χ4v) is 2.64. The van der Waals surface area contributed by atoms with E-state index >= 15 is 0 Å². The molecule has 2 rings (SSSR count). The molecule has 1 heterocycles. The van der Waals surface area contributed by atoms with Crippen molar-refractivity contribution in [1.82, 2.24) is 5.32 Å². The van der Waals surface area contributed by atoms with E-state index in [2.05, 4.69) is 5.32 Å². The van der Waals surface area contributed by atoms with Crippen molar-refractivity contribution in [1.29, 1.82) is 0 Å². The zero-order valence-electron chi connectivity index (χ0n) is 8.28. The summed E-state index contributed by atoms with van der Waals surface area (Å²) >= 11 is -1.27. The van der Waals surface area contributed by atoms with Crippen LogP contribution in [0.4, 0.5) is 0 Å². The molecular formula is C10H11NO3S. The molecule has 0 spiro atoms. The summed E-state index contributed by atoms with van der Waals surface area (Å²) in [4.78, 5) is 11.9. The van der Waals surface area contributed by atoms with E-state index in [0.717, 1.165) is 5.56 Å². The molecule has 0 saturated carbocycles. The van der Waals surface area contributed by atoms with Crippen LogP contribution in [0.5, 0.6) is 5.75 Å². The topological polar surface area (TPSA) is 61.4 Å². The molecule has 15 heavy (non-hydrogen) atoms. The van der Waals surface area contributed by atoms with Crippen molar-refractivity contribution in [3.8, 4) is 5.75 Å². The van der Waals surface area contributed by atoms with Gasteiger partial charge in [-0.05, 0) is 23.3 Å². The predicted octanol–water partition coefficient (Wildman–Crippen LogP) is 0.433. The van der Waals surface area contributed by atoms with Crippen molar-refractivity contribution < 1.29 is 14.1 Å². The number of carbonyl (C=O) groups excluding carboxylic acids is 1. The molecule has 1 N–H and O–H groups in total. The molecule has 80 valence electrons. The van der Waals surface area contributed by atoms with E-state index in [4.69, 9.17) is 4.74 Å². The highest BCUT2D eigenvalue weighted by molar-refractivity contribution is 7.92. The average Bonchev–Trinajstić information content (AvgIpc) is 2.38. The van der Waals surface area contributed by atoms with Crippen LogP contribution in [-0.2, 0) is 22.5 Å². The molecule has 1 aliphatic heterocycles. The number of methoxy groups -OCH3 is 1. The number of carbonyl (C=O) groups is 1. The smallest absolute Gasteiger partial charge is 0.270 e. The summed E-state index contributed by atoms with van der Waals surface area (Å²) in [6, 6.07) is 5.36. The van der Waals surface area contributed by atoms with E-state index in [-0.39, 0.29) is 11.7 Å². The summed E-state index contributed by atoms with van der Waals surface area (Å²) in [5.74, 6) is 0.514. The molecule has 4 nitrogen and oxygen atoms in total. The molecule has 0 aliphatic carbocycles. The van der Waals surface area contributed by atoms with Crippen molar-refractivity contribution in [2.24, 2.45) is 0 Å². The Bertz CT molecular complexity index is 394. The zero-order chi connectivity index (χ0) is 10.8. The van der Waals surface area contributed by atoms with E-state index in [1.807, 2.05) is 6.07 Å². The molecule has 0 aromatic heterocycles. The molecule has 5 heteroatoms. The highest BCUT2D eigenvalue weighted by atomic mass is 32.2. The number of benzene rings is 1. The lowest BCUT2D eigenvalue weighted by Gasteiger charge is -2.10. The Morgan fingerprint density at radius 2 is 2.33 bits per heavy atom. The van der Waals surface area contributed by atoms with Crippen LogP contribution in [-0.4, -0.2) is 23.3 Å². The van der Waals surface area contributed by atoms with Crippen LogP contribution in [0.1, 0.15) is 5.56 Å². The minimum Gasteiger partial charge on any atom is -0.611 e. The Kier molecular flexibility index (Phi) is 2.83. The SMILES string of the molecule is COc1ccc2c(c1)[S+]([O-])CC(=O)NC2. The number of hydrogen-bond acceptors (Lipinski definition) is 3. The highest BCUT2D eigenvalue weighted by Gasteiger charge is 2.24. The van der Waals surface area contributed by atoms with Gasteiger partial charge in [0.1, 0.15) is 5.75 Å². The van der Waals surface area contributed by atoms with Crippen molar-refractivity contribution in [3.05, 3.63) is 23.8 Å². The number of rotatable bonds is 1. The summed E-state index contributed by atoms with van der Waals surface area (Å²) in [5.41, 5.74) is 0.889. The van der Waals surface area contributed by atoms with Crippen LogP contribution in [0, 0.1) is 0 Å². The number of fused-ring (bicyclic) bond motifs is 1. The standard InChI is InChI=1S/C10H11NO3S/c1-14-8-3-2-7-5-11-10(12)6-15(13)9(7)4-8/h2-4H,5-6H2,1H3,(H,11,12). The van der Waals surface area contributed by atoms with Crippen molar-refractivity contribution in [2.45, 2.75) is 11.4 Å². The lowest BCUT2D eigenvalue weighted by molar-refractivity contribution is -0.118. The molecule has 0 radical (unpaired) electrons. The molecule has 1 atom stereocenters. The predicted molar refractivity (Wildman–Crippen MR) is 56.1 cm³/mol. The Morgan fingerprint density at radius 1 is 1.53 bits per heavy atom. The number of amides is 1. The van der Waals surface area contributed by atoms with Crippen molar-refractivity contribution in [2.75, 3.05) is 12.9 Å². The molecule has 1 aliphatic rings. The maximum absolute atomic E-state index is 11.8. The third kappa shape index (κ3) is 2.08. The van der Waals surface area contributed by atoms with Crippen LogP contribution in [0.3, 0.4) is 0 Å². The van der Waals surface area contributed by atoms with E-state index in [0.29, 0.717) is 17.2 Å². The van der Waals surface area contributed by atoms with Gasteiger partial charge in [0, 0.05) is 18.2 Å². The molecule has 0 bridgehead atoms.